The first-order chi connectivity index (χ1) is 7.76. The van der Waals surface area contributed by atoms with Gasteiger partial charge in [-0.3, -0.25) is 4.90 Å². The highest BCUT2D eigenvalue weighted by atomic mass is 16.3. The molecule has 1 aromatic rings. The largest absolute Gasteiger partial charge is 0.395 e. The fourth-order valence-corrected chi connectivity index (χ4v) is 1.57. The molecular formula is C12H19NO3. The van der Waals surface area contributed by atoms with E-state index in [2.05, 4.69) is 0 Å². The average Bonchev–Trinajstić information content (AvgIpc) is 2.30. The third-order valence-electron chi connectivity index (χ3n) is 2.34. The molecule has 16 heavy (non-hydrogen) atoms. The maximum absolute atomic E-state index is 9.36. The number of benzene rings is 1. The standard InChI is InChI=1S/C12H19NO3/c14-7-6-13(9-12(16)10-15)8-11-4-2-1-3-5-11/h1-5,12,14-16H,6-10H2/t12-/m1/s1. The van der Waals surface area contributed by atoms with Crippen molar-refractivity contribution in [2.45, 2.75) is 12.6 Å². The minimum atomic E-state index is -0.754. The fourth-order valence-electron chi connectivity index (χ4n) is 1.57. The predicted molar refractivity (Wildman–Crippen MR) is 61.9 cm³/mol. The van der Waals surface area contributed by atoms with E-state index in [1.165, 1.54) is 0 Å². The van der Waals surface area contributed by atoms with Crippen molar-refractivity contribution in [1.82, 2.24) is 4.90 Å². The number of hydrogen-bond acceptors (Lipinski definition) is 4. The van der Waals surface area contributed by atoms with E-state index in [4.69, 9.17) is 10.2 Å². The van der Waals surface area contributed by atoms with Gasteiger partial charge in [0, 0.05) is 19.6 Å². The molecule has 0 aliphatic carbocycles. The van der Waals surface area contributed by atoms with Crippen LogP contribution in [0.1, 0.15) is 5.56 Å². The van der Waals surface area contributed by atoms with Crippen LogP contribution in [0.15, 0.2) is 30.3 Å². The van der Waals surface area contributed by atoms with E-state index in [1.807, 2.05) is 35.2 Å². The molecule has 0 radical (unpaired) electrons. The third-order valence-corrected chi connectivity index (χ3v) is 2.34. The van der Waals surface area contributed by atoms with Gasteiger partial charge in [0.05, 0.1) is 19.3 Å². The molecule has 0 saturated carbocycles. The number of hydrogen-bond donors (Lipinski definition) is 3. The molecule has 90 valence electrons. The molecule has 0 saturated heterocycles. The Bertz CT molecular complexity index is 279. The van der Waals surface area contributed by atoms with E-state index < -0.39 is 6.10 Å². The van der Waals surface area contributed by atoms with Gasteiger partial charge < -0.3 is 15.3 Å². The molecule has 4 heteroatoms. The molecule has 0 unspecified atom stereocenters. The summed E-state index contributed by atoms with van der Waals surface area (Å²) in [5.41, 5.74) is 1.13. The Morgan fingerprint density at radius 1 is 1.12 bits per heavy atom. The smallest absolute Gasteiger partial charge is 0.0897 e. The lowest BCUT2D eigenvalue weighted by molar-refractivity contribution is 0.0509. The maximum Gasteiger partial charge on any atom is 0.0897 e. The van der Waals surface area contributed by atoms with Gasteiger partial charge >= 0.3 is 0 Å². The topological polar surface area (TPSA) is 63.9 Å². The second-order valence-corrected chi connectivity index (χ2v) is 3.78. The monoisotopic (exact) mass is 225 g/mol. The summed E-state index contributed by atoms with van der Waals surface area (Å²) < 4.78 is 0. The summed E-state index contributed by atoms with van der Waals surface area (Å²) in [4.78, 5) is 1.91. The molecule has 3 N–H and O–H groups in total. The van der Waals surface area contributed by atoms with Gasteiger partial charge in [-0.1, -0.05) is 30.3 Å². The molecule has 0 fully saturated rings. The lowest BCUT2D eigenvalue weighted by atomic mass is 10.2. The average molecular weight is 225 g/mol. The van der Waals surface area contributed by atoms with Crippen LogP contribution in [-0.4, -0.2) is 52.6 Å². The SMILES string of the molecule is OCCN(Cc1ccccc1)C[C@@H](O)CO. The molecule has 0 aromatic heterocycles. The lowest BCUT2D eigenvalue weighted by Crippen LogP contribution is -2.35. The molecule has 0 amide bonds. The first-order valence-electron chi connectivity index (χ1n) is 5.42. The zero-order chi connectivity index (χ0) is 11.8. The van der Waals surface area contributed by atoms with Crippen LogP contribution >= 0.6 is 0 Å². The quantitative estimate of drug-likeness (QED) is 0.603. The van der Waals surface area contributed by atoms with Crippen LogP contribution in [0.5, 0.6) is 0 Å². The highest BCUT2D eigenvalue weighted by Crippen LogP contribution is 2.04. The van der Waals surface area contributed by atoms with E-state index in [9.17, 15) is 5.11 Å². The Labute approximate surface area is 95.8 Å². The van der Waals surface area contributed by atoms with E-state index in [-0.39, 0.29) is 13.2 Å². The van der Waals surface area contributed by atoms with Crippen molar-refractivity contribution in [2.24, 2.45) is 0 Å². The van der Waals surface area contributed by atoms with Crippen molar-refractivity contribution in [3.05, 3.63) is 35.9 Å². The highest BCUT2D eigenvalue weighted by Gasteiger charge is 2.10. The molecular weight excluding hydrogens is 206 g/mol. The van der Waals surface area contributed by atoms with E-state index in [0.717, 1.165) is 5.56 Å². The minimum Gasteiger partial charge on any atom is -0.395 e. The van der Waals surface area contributed by atoms with E-state index in [0.29, 0.717) is 19.6 Å². The van der Waals surface area contributed by atoms with Crippen LogP contribution in [0.25, 0.3) is 0 Å². The number of nitrogens with zero attached hydrogens (tertiary/aromatic N) is 1. The fraction of sp³-hybridized carbons (Fsp3) is 0.500. The van der Waals surface area contributed by atoms with Crippen molar-refractivity contribution in [3.63, 3.8) is 0 Å². The van der Waals surface area contributed by atoms with Gasteiger partial charge in [0.2, 0.25) is 0 Å². The van der Waals surface area contributed by atoms with Crippen molar-refractivity contribution < 1.29 is 15.3 Å². The number of rotatable bonds is 7. The third kappa shape index (κ3) is 4.72. The summed E-state index contributed by atoms with van der Waals surface area (Å²) in [6.45, 7) is 1.32. The van der Waals surface area contributed by atoms with Crippen molar-refractivity contribution in [1.29, 1.82) is 0 Å². The molecule has 0 aliphatic rings. The summed E-state index contributed by atoms with van der Waals surface area (Å²) in [6.07, 6.45) is -0.754. The van der Waals surface area contributed by atoms with Crippen molar-refractivity contribution in [2.75, 3.05) is 26.3 Å². The summed E-state index contributed by atoms with van der Waals surface area (Å²) in [7, 11) is 0. The van der Waals surface area contributed by atoms with Gasteiger partial charge in [-0.25, -0.2) is 0 Å². The van der Waals surface area contributed by atoms with Gasteiger partial charge in [-0.15, -0.1) is 0 Å². The summed E-state index contributed by atoms with van der Waals surface area (Å²) >= 11 is 0. The molecule has 0 heterocycles. The van der Waals surface area contributed by atoms with Crippen LogP contribution < -0.4 is 0 Å². The predicted octanol–water partition coefficient (Wildman–Crippen LogP) is -0.166. The van der Waals surface area contributed by atoms with E-state index in [1.54, 1.807) is 0 Å². The van der Waals surface area contributed by atoms with Gasteiger partial charge in [0.1, 0.15) is 0 Å². The first-order valence-corrected chi connectivity index (χ1v) is 5.42. The Hall–Kier alpha value is -0.940. The van der Waals surface area contributed by atoms with Crippen LogP contribution in [-0.2, 0) is 6.54 Å². The van der Waals surface area contributed by atoms with E-state index >= 15 is 0 Å². The Morgan fingerprint density at radius 2 is 1.81 bits per heavy atom. The Balaban J connectivity index is 2.50. The molecule has 0 spiro atoms. The van der Waals surface area contributed by atoms with Gasteiger partial charge in [-0.05, 0) is 5.56 Å². The molecule has 1 atom stereocenters. The van der Waals surface area contributed by atoms with Crippen LogP contribution in [0.3, 0.4) is 0 Å². The minimum absolute atomic E-state index is 0.0466. The zero-order valence-corrected chi connectivity index (χ0v) is 9.29. The lowest BCUT2D eigenvalue weighted by Gasteiger charge is -2.23. The number of aliphatic hydroxyl groups excluding tert-OH is 3. The van der Waals surface area contributed by atoms with Crippen LogP contribution in [0, 0.1) is 0 Å². The van der Waals surface area contributed by atoms with Gasteiger partial charge in [-0.2, -0.15) is 0 Å². The molecule has 0 bridgehead atoms. The summed E-state index contributed by atoms with van der Waals surface area (Å²) in [5, 5.41) is 27.1. The molecule has 1 rings (SSSR count). The second-order valence-electron chi connectivity index (χ2n) is 3.78. The molecule has 4 nitrogen and oxygen atoms in total. The van der Waals surface area contributed by atoms with Crippen molar-refractivity contribution >= 4 is 0 Å². The normalized spacial score (nSPS) is 13.0. The van der Waals surface area contributed by atoms with Crippen molar-refractivity contribution in [3.8, 4) is 0 Å². The first kappa shape index (κ1) is 13.1. The zero-order valence-electron chi connectivity index (χ0n) is 9.29. The second kappa shape index (κ2) is 7.35. The number of aliphatic hydroxyl groups is 3. The highest BCUT2D eigenvalue weighted by molar-refractivity contribution is 5.14. The summed E-state index contributed by atoms with van der Waals surface area (Å²) in [6, 6.07) is 9.84. The summed E-state index contributed by atoms with van der Waals surface area (Å²) in [5.74, 6) is 0. The maximum atomic E-state index is 9.36. The molecule has 0 aliphatic heterocycles. The Kier molecular flexibility index (Phi) is 6.03. The molecule has 1 aromatic carbocycles. The van der Waals surface area contributed by atoms with Crippen LogP contribution in [0.4, 0.5) is 0 Å². The van der Waals surface area contributed by atoms with Gasteiger partial charge in [0.25, 0.3) is 0 Å². The van der Waals surface area contributed by atoms with Gasteiger partial charge in [0.15, 0.2) is 0 Å². The Morgan fingerprint density at radius 3 is 2.38 bits per heavy atom. The van der Waals surface area contributed by atoms with Crippen LogP contribution in [0.2, 0.25) is 0 Å².